The van der Waals surface area contributed by atoms with Gasteiger partial charge in [0.15, 0.2) is 5.60 Å². The number of aliphatic carboxylic acids is 1. The lowest BCUT2D eigenvalue weighted by molar-refractivity contribution is -0.155. The zero-order chi connectivity index (χ0) is 13.6. The van der Waals surface area contributed by atoms with Crippen LogP contribution in [0.3, 0.4) is 0 Å². The topological polar surface area (TPSA) is 112 Å². The van der Waals surface area contributed by atoms with Crippen LogP contribution in [-0.4, -0.2) is 39.3 Å². The molecule has 1 atom stereocenters. The predicted molar refractivity (Wildman–Crippen MR) is 62.7 cm³/mol. The quantitative estimate of drug-likeness (QED) is 0.576. The summed E-state index contributed by atoms with van der Waals surface area (Å²) in [6.07, 6.45) is 1.60. The molecule has 2 amide bonds. The second-order valence-corrected chi connectivity index (χ2v) is 3.94. The van der Waals surface area contributed by atoms with Crippen molar-refractivity contribution in [1.82, 2.24) is 15.6 Å². The van der Waals surface area contributed by atoms with Gasteiger partial charge in [-0.15, -0.1) is 0 Å². The molecule has 0 spiro atoms. The van der Waals surface area contributed by atoms with Crippen molar-refractivity contribution in [1.29, 1.82) is 0 Å². The predicted octanol–water partition coefficient (Wildman–Crippen LogP) is -0.284. The molecule has 1 aromatic rings. The number of carboxylic acid groups (broad SMARTS) is 1. The van der Waals surface area contributed by atoms with Crippen molar-refractivity contribution < 1.29 is 19.8 Å². The molecule has 0 aliphatic carbocycles. The number of amides is 2. The van der Waals surface area contributed by atoms with Gasteiger partial charge in [0.1, 0.15) is 0 Å². The number of carboxylic acids is 1. The minimum atomic E-state index is -1.98. The number of aromatic nitrogens is 1. The molecular weight excluding hydrogens is 238 g/mol. The smallest absolute Gasteiger partial charge is 0.337 e. The van der Waals surface area contributed by atoms with Crippen LogP contribution >= 0.6 is 0 Å². The third-order valence-electron chi connectivity index (χ3n) is 2.21. The van der Waals surface area contributed by atoms with E-state index >= 15 is 0 Å². The molecule has 0 aliphatic heterocycles. The summed E-state index contributed by atoms with van der Waals surface area (Å²) in [4.78, 5) is 25.9. The van der Waals surface area contributed by atoms with Crippen molar-refractivity contribution in [2.75, 3.05) is 6.54 Å². The van der Waals surface area contributed by atoms with Gasteiger partial charge in [0, 0.05) is 6.20 Å². The summed E-state index contributed by atoms with van der Waals surface area (Å²) in [5.41, 5.74) is -1.31. The summed E-state index contributed by atoms with van der Waals surface area (Å²) >= 11 is 0. The average Bonchev–Trinajstić information content (AvgIpc) is 2.35. The lowest BCUT2D eigenvalue weighted by Crippen LogP contribution is -2.49. The first-order valence-corrected chi connectivity index (χ1v) is 5.29. The molecular formula is C11H15N3O4. The Morgan fingerprint density at radius 3 is 2.67 bits per heavy atom. The Bertz CT molecular complexity index is 420. The maximum atomic E-state index is 11.3. The van der Waals surface area contributed by atoms with Gasteiger partial charge in [-0.05, 0) is 19.1 Å². The monoisotopic (exact) mass is 253 g/mol. The fraction of sp³-hybridized carbons (Fsp3) is 0.364. The van der Waals surface area contributed by atoms with Gasteiger partial charge >= 0.3 is 12.0 Å². The summed E-state index contributed by atoms with van der Waals surface area (Å²) < 4.78 is 0. The van der Waals surface area contributed by atoms with Gasteiger partial charge in [0.25, 0.3) is 0 Å². The second kappa shape index (κ2) is 5.97. The van der Waals surface area contributed by atoms with Crippen molar-refractivity contribution in [3.05, 3.63) is 30.1 Å². The lowest BCUT2D eigenvalue weighted by atomic mass is 10.1. The molecule has 0 fully saturated rings. The summed E-state index contributed by atoms with van der Waals surface area (Å²) in [6, 6.07) is 4.72. The number of hydrogen-bond acceptors (Lipinski definition) is 4. The van der Waals surface area contributed by atoms with Crippen molar-refractivity contribution in [2.24, 2.45) is 0 Å². The maximum Gasteiger partial charge on any atom is 0.337 e. The second-order valence-electron chi connectivity index (χ2n) is 3.94. The molecule has 0 bridgehead atoms. The minimum absolute atomic E-state index is 0.224. The largest absolute Gasteiger partial charge is 0.479 e. The van der Waals surface area contributed by atoms with Gasteiger partial charge in [-0.2, -0.15) is 0 Å². The molecule has 7 heteroatoms. The first-order valence-electron chi connectivity index (χ1n) is 5.29. The van der Waals surface area contributed by atoms with E-state index in [0.717, 1.165) is 6.92 Å². The van der Waals surface area contributed by atoms with E-state index in [1.165, 1.54) is 0 Å². The van der Waals surface area contributed by atoms with Crippen LogP contribution in [0, 0.1) is 0 Å². The lowest BCUT2D eigenvalue weighted by Gasteiger charge is -2.18. The molecule has 7 nitrogen and oxygen atoms in total. The van der Waals surface area contributed by atoms with Crippen LogP contribution in [-0.2, 0) is 11.3 Å². The number of pyridine rings is 1. The number of nitrogens with zero attached hydrogens (tertiary/aromatic N) is 1. The Morgan fingerprint density at radius 1 is 1.39 bits per heavy atom. The van der Waals surface area contributed by atoms with Crippen molar-refractivity contribution in [3.63, 3.8) is 0 Å². The molecule has 0 aromatic carbocycles. The Labute approximate surface area is 104 Å². The van der Waals surface area contributed by atoms with Crippen LogP contribution in [0.2, 0.25) is 0 Å². The van der Waals surface area contributed by atoms with E-state index in [2.05, 4.69) is 15.6 Å². The van der Waals surface area contributed by atoms with Crippen molar-refractivity contribution >= 4 is 12.0 Å². The van der Waals surface area contributed by atoms with E-state index in [0.29, 0.717) is 5.69 Å². The number of carbonyl (C=O) groups excluding carboxylic acids is 1. The maximum absolute atomic E-state index is 11.3. The standard InChI is InChI=1S/C11H15N3O4/c1-11(18,9(15)16)7-14-10(17)13-6-8-4-2-3-5-12-8/h2-5,18H,6-7H2,1H3,(H,15,16)(H2,13,14,17). The van der Waals surface area contributed by atoms with Crippen LogP contribution in [0.25, 0.3) is 0 Å². The molecule has 0 aliphatic rings. The van der Waals surface area contributed by atoms with Gasteiger partial charge in [-0.1, -0.05) is 6.07 Å². The normalized spacial score (nSPS) is 13.4. The van der Waals surface area contributed by atoms with E-state index in [4.69, 9.17) is 5.11 Å². The van der Waals surface area contributed by atoms with Gasteiger partial charge in [0.05, 0.1) is 18.8 Å². The molecule has 1 unspecified atom stereocenters. The zero-order valence-corrected chi connectivity index (χ0v) is 9.88. The average molecular weight is 253 g/mol. The first kappa shape index (κ1) is 13.9. The Balaban J connectivity index is 2.33. The number of aliphatic hydroxyl groups is 1. The number of nitrogens with one attached hydrogen (secondary N) is 2. The minimum Gasteiger partial charge on any atom is -0.479 e. The Hall–Kier alpha value is -2.15. The first-order chi connectivity index (χ1) is 8.42. The summed E-state index contributed by atoms with van der Waals surface area (Å²) in [5.74, 6) is -1.40. The van der Waals surface area contributed by atoms with Crippen LogP contribution in [0.15, 0.2) is 24.4 Å². The van der Waals surface area contributed by atoms with Gasteiger partial charge in [-0.3, -0.25) is 4.98 Å². The highest BCUT2D eigenvalue weighted by molar-refractivity contribution is 5.79. The highest BCUT2D eigenvalue weighted by Gasteiger charge is 2.30. The number of urea groups is 1. The Kier molecular flexibility index (Phi) is 4.61. The molecule has 0 radical (unpaired) electrons. The molecule has 0 saturated heterocycles. The van der Waals surface area contributed by atoms with E-state index < -0.39 is 17.6 Å². The zero-order valence-electron chi connectivity index (χ0n) is 9.88. The third-order valence-corrected chi connectivity index (χ3v) is 2.21. The molecule has 1 aromatic heterocycles. The highest BCUT2D eigenvalue weighted by Crippen LogP contribution is 2.00. The molecule has 18 heavy (non-hydrogen) atoms. The van der Waals surface area contributed by atoms with Gasteiger partial charge < -0.3 is 20.8 Å². The van der Waals surface area contributed by atoms with Gasteiger partial charge in [0.2, 0.25) is 0 Å². The summed E-state index contributed by atoms with van der Waals surface area (Å²) in [5, 5.41) is 22.8. The van der Waals surface area contributed by atoms with Crippen LogP contribution in [0.4, 0.5) is 4.79 Å². The summed E-state index contributed by atoms with van der Waals surface area (Å²) in [6.45, 7) is 0.951. The van der Waals surface area contributed by atoms with Crippen molar-refractivity contribution in [2.45, 2.75) is 19.1 Å². The number of carbonyl (C=O) groups is 2. The highest BCUT2D eigenvalue weighted by atomic mass is 16.4. The number of hydrogen-bond donors (Lipinski definition) is 4. The van der Waals surface area contributed by atoms with Crippen LogP contribution in [0.5, 0.6) is 0 Å². The molecule has 0 saturated carbocycles. The molecule has 1 heterocycles. The van der Waals surface area contributed by atoms with E-state index in [1.54, 1.807) is 24.4 Å². The number of rotatable bonds is 5. The molecule has 98 valence electrons. The van der Waals surface area contributed by atoms with E-state index in [9.17, 15) is 14.7 Å². The fourth-order valence-electron chi connectivity index (χ4n) is 1.06. The van der Waals surface area contributed by atoms with E-state index in [-0.39, 0.29) is 13.1 Å². The van der Waals surface area contributed by atoms with Crippen LogP contribution in [0.1, 0.15) is 12.6 Å². The van der Waals surface area contributed by atoms with Crippen LogP contribution < -0.4 is 10.6 Å². The fourth-order valence-corrected chi connectivity index (χ4v) is 1.06. The summed E-state index contributed by atoms with van der Waals surface area (Å²) in [7, 11) is 0. The molecule has 4 N–H and O–H groups in total. The Morgan fingerprint density at radius 2 is 2.11 bits per heavy atom. The van der Waals surface area contributed by atoms with Crippen molar-refractivity contribution in [3.8, 4) is 0 Å². The van der Waals surface area contributed by atoms with E-state index in [1.807, 2.05) is 0 Å². The third kappa shape index (κ3) is 4.38. The SMILES string of the molecule is CC(O)(CNC(=O)NCc1ccccn1)C(=O)O. The molecule has 1 rings (SSSR count). The van der Waals surface area contributed by atoms with Gasteiger partial charge in [-0.25, -0.2) is 9.59 Å².